The van der Waals surface area contributed by atoms with E-state index < -0.39 is 0 Å². The summed E-state index contributed by atoms with van der Waals surface area (Å²) in [5, 5.41) is 4.13. The molecule has 4 aliphatic heterocycles. The summed E-state index contributed by atoms with van der Waals surface area (Å²) in [6, 6.07) is 14.1. The first-order valence-corrected chi connectivity index (χ1v) is 11.2. The summed E-state index contributed by atoms with van der Waals surface area (Å²) in [5.41, 5.74) is 2.24. The molecule has 4 aliphatic rings. The van der Waals surface area contributed by atoms with Crippen molar-refractivity contribution in [2.24, 2.45) is 9.98 Å². The molecule has 6 rings (SSSR count). The average Bonchev–Trinajstić information content (AvgIpc) is 3.46. The van der Waals surface area contributed by atoms with E-state index in [1.807, 2.05) is 36.4 Å². The zero-order valence-electron chi connectivity index (χ0n) is 17.4. The van der Waals surface area contributed by atoms with Gasteiger partial charge in [-0.1, -0.05) is 24.3 Å². The Kier molecular flexibility index (Phi) is 4.83. The molecule has 0 aliphatic carbocycles. The lowest BCUT2D eigenvalue weighted by Crippen LogP contribution is -2.56. The molecule has 2 atom stereocenters. The Balaban J connectivity index is 1.05. The van der Waals surface area contributed by atoms with Gasteiger partial charge >= 0.3 is 0 Å². The zero-order valence-corrected chi connectivity index (χ0v) is 18.3. The van der Waals surface area contributed by atoms with E-state index in [4.69, 9.17) is 26.4 Å². The van der Waals surface area contributed by atoms with Crippen LogP contribution in [0.2, 0.25) is 0 Å². The van der Waals surface area contributed by atoms with Crippen LogP contribution in [0.5, 0.6) is 17.2 Å². The average molecular weight is 450 g/mol. The van der Waals surface area contributed by atoms with Gasteiger partial charge in [0.15, 0.2) is 22.7 Å². The largest absolute Gasteiger partial charge is 0.479 e. The maximum atomic E-state index is 6.21. The molecule has 0 aromatic heterocycles. The third-order valence-electron chi connectivity index (χ3n) is 6.22. The van der Waals surface area contributed by atoms with Crippen molar-refractivity contribution in [3.05, 3.63) is 53.6 Å². The number of thiocarbonyl (C=S) groups is 1. The molecule has 0 spiro atoms. The fourth-order valence-corrected chi connectivity index (χ4v) is 4.78. The van der Waals surface area contributed by atoms with Crippen LogP contribution < -0.4 is 19.5 Å². The molecule has 9 heteroatoms. The minimum Gasteiger partial charge on any atom is -0.479 e. The van der Waals surface area contributed by atoms with Crippen molar-refractivity contribution in [1.82, 2.24) is 15.1 Å². The number of amidine groups is 1. The molecule has 0 saturated carbocycles. The minimum absolute atomic E-state index is 0.0128. The van der Waals surface area contributed by atoms with Crippen LogP contribution in [0.25, 0.3) is 0 Å². The highest BCUT2D eigenvalue weighted by Crippen LogP contribution is 2.41. The number of hydrogen-bond donors (Lipinski definition) is 1. The predicted octanol–water partition coefficient (Wildman–Crippen LogP) is 2.35. The van der Waals surface area contributed by atoms with Crippen molar-refractivity contribution in [1.29, 1.82) is 0 Å². The fraction of sp³-hybridized carbons (Fsp3) is 0.348. The molecule has 2 unspecified atom stereocenters. The smallest absolute Gasteiger partial charge is 0.231 e. The number of piperazine rings is 1. The van der Waals surface area contributed by atoms with Gasteiger partial charge in [-0.15, -0.1) is 0 Å². The van der Waals surface area contributed by atoms with Gasteiger partial charge in [0, 0.05) is 38.3 Å². The molecule has 1 N–H and O–H groups in total. The van der Waals surface area contributed by atoms with Gasteiger partial charge in [0.1, 0.15) is 24.0 Å². The third-order valence-corrected chi connectivity index (χ3v) is 6.62. The first-order chi connectivity index (χ1) is 15.8. The lowest BCUT2D eigenvalue weighted by atomic mass is 10.0. The first-order valence-electron chi connectivity index (χ1n) is 10.8. The fourth-order valence-electron chi connectivity index (χ4n) is 4.53. The predicted molar refractivity (Wildman–Crippen MR) is 125 cm³/mol. The first kappa shape index (κ1) is 19.4. The summed E-state index contributed by atoms with van der Waals surface area (Å²) >= 11 is 5.65. The summed E-state index contributed by atoms with van der Waals surface area (Å²) in [7, 11) is 0. The summed E-state index contributed by atoms with van der Waals surface area (Å²) < 4.78 is 17.0. The van der Waals surface area contributed by atoms with Crippen LogP contribution in [0, 0.1) is 0 Å². The highest BCUT2D eigenvalue weighted by atomic mass is 32.1. The van der Waals surface area contributed by atoms with E-state index >= 15 is 0 Å². The monoisotopic (exact) mass is 449 g/mol. The molecule has 2 aromatic rings. The van der Waals surface area contributed by atoms with Gasteiger partial charge in [0.25, 0.3) is 0 Å². The minimum atomic E-state index is -0.153. The van der Waals surface area contributed by atoms with E-state index in [0.29, 0.717) is 6.54 Å². The number of para-hydroxylation sites is 1. The molecule has 4 heterocycles. The van der Waals surface area contributed by atoms with Gasteiger partial charge in [-0.2, -0.15) is 0 Å². The van der Waals surface area contributed by atoms with Gasteiger partial charge in [0.2, 0.25) is 6.79 Å². The third kappa shape index (κ3) is 3.42. The Morgan fingerprint density at radius 1 is 1.03 bits per heavy atom. The SMILES string of the molecule is S=C(NCc1ccc2c(c1)OCO2)N1CCN(C2=NC=NC3c4ccccc4OC23)CC1. The Hall–Kier alpha value is -3.33. The van der Waals surface area contributed by atoms with E-state index in [-0.39, 0.29) is 18.9 Å². The van der Waals surface area contributed by atoms with E-state index in [9.17, 15) is 0 Å². The second-order valence-electron chi connectivity index (χ2n) is 8.09. The van der Waals surface area contributed by atoms with Crippen molar-refractivity contribution < 1.29 is 14.2 Å². The van der Waals surface area contributed by atoms with Crippen LogP contribution in [-0.2, 0) is 6.54 Å². The number of benzene rings is 2. The van der Waals surface area contributed by atoms with E-state index in [1.165, 1.54) is 0 Å². The van der Waals surface area contributed by atoms with Gasteiger partial charge < -0.3 is 29.3 Å². The molecule has 1 fully saturated rings. The van der Waals surface area contributed by atoms with Gasteiger partial charge in [-0.05, 0) is 36.0 Å². The summed E-state index contributed by atoms with van der Waals surface area (Å²) in [5.74, 6) is 3.44. The molecule has 1 saturated heterocycles. The number of nitrogens with zero attached hydrogens (tertiary/aromatic N) is 4. The molecular formula is C23H23N5O3S. The molecule has 0 radical (unpaired) electrons. The number of ether oxygens (including phenoxy) is 3. The van der Waals surface area contributed by atoms with Gasteiger partial charge in [0.05, 0.1) is 0 Å². The number of fused-ring (bicyclic) bond motifs is 4. The number of hydrogen-bond acceptors (Lipinski definition) is 7. The number of nitrogens with one attached hydrogen (secondary N) is 1. The van der Waals surface area contributed by atoms with Crippen LogP contribution in [0.3, 0.4) is 0 Å². The highest BCUT2D eigenvalue weighted by molar-refractivity contribution is 7.80. The van der Waals surface area contributed by atoms with Crippen LogP contribution in [-0.4, -0.2) is 66.2 Å². The van der Waals surface area contributed by atoms with E-state index in [0.717, 1.165) is 65.5 Å². The van der Waals surface area contributed by atoms with Crippen LogP contribution in [0.1, 0.15) is 17.2 Å². The quantitative estimate of drug-likeness (QED) is 0.706. The standard InChI is InChI=1S/C23H23N5O3S/c32-23(24-12-15-5-6-18-19(11-15)30-14-29-18)28-9-7-27(8-10-28)22-21-20(25-13-26-22)16-3-1-2-4-17(16)31-21/h1-6,11,13,20-21H,7-10,12,14H2,(H,24,32). The molecule has 8 nitrogen and oxygen atoms in total. The molecule has 164 valence electrons. The van der Waals surface area contributed by atoms with Crippen molar-refractivity contribution >= 4 is 29.5 Å². The summed E-state index contributed by atoms with van der Waals surface area (Å²) in [4.78, 5) is 13.7. The molecule has 0 amide bonds. The Bertz CT molecular complexity index is 1110. The summed E-state index contributed by atoms with van der Waals surface area (Å²) in [6.45, 7) is 4.25. The van der Waals surface area contributed by atoms with Gasteiger partial charge in [-0.3, -0.25) is 4.99 Å². The molecule has 32 heavy (non-hydrogen) atoms. The maximum Gasteiger partial charge on any atom is 0.231 e. The Labute approximate surface area is 191 Å². The van der Waals surface area contributed by atoms with Crippen LogP contribution in [0.15, 0.2) is 52.4 Å². The van der Waals surface area contributed by atoms with Crippen molar-refractivity contribution in [2.45, 2.75) is 18.7 Å². The number of aliphatic imine (C=N–C) groups is 2. The van der Waals surface area contributed by atoms with E-state index in [2.05, 4.69) is 31.2 Å². The molecular weight excluding hydrogens is 426 g/mol. The van der Waals surface area contributed by atoms with Gasteiger partial charge in [-0.25, -0.2) is 4.99 Å². The Morgan fingerprint density at radius 2 is 1.88 bits per heavy atom. The topological polar surface area (TPSA) is 70.9 Å². The van der Waals surface area contributed by atoms with Crippen molar-refractivity contribution in [3.63, 3.8) is 0 Å². The van der Waals surface area contributed by atoms with Crippen molar-refractivity contribution in [2.75, 3.05) is 33.0 Å². The summed E-state index contributed by atoms with van der Waals surface area (Å²) in [6.07, 6.45) is 1.52. The Morgan fingerprint density at radius 3 is 2.78 bits per heavy atom. The maximum absolute atomic E-state index is 6.21. The second kappa shape index (κ2) is 7.98. The second-order valence-corrected chi connectivity index (χ2v) is 8.48. The van der Waals surface area contributed by atoms with Crippen LogP contribution in [0.4, 0.5) is 0 Å². The number of rotatable bonds is 2. The molecule has 2 aromatic carbocycles. The van der Waals surface area contributed by atoms with E-state index in [1.54, 1.807) is 6.34 Å². The lowest BCUT2D eigenvalue weighted by molar-refractivity contribution is 0.174. The zero-order chi connectivity index (χ0) is 21.5. The molecule has 0 bridgehead atoms. The normalized spacial score (nSPS) is 22.7. The highest BCUT2D eigenvalue weighted by Gasteiger charge is 2.41. The van der Waals surface area contributed by atoms with Crippen LogP contribution >= 0.6 is 12.2 Å². The van der Waals surface area contributed by atoms with Crippen molar-refractivity contribution in [3.8, 4) is 17.2 Å². The lowest BCUT2D eigenvalue weighted by Gasteiger charge is -2.39.